The van der Waals surface area contributed by atoms with Gasteiger partial charge >= 0.3 is 0 Å². The van der Waals surface area contributed by atoms with E-state index in [0.717, 1.165) is 4.47 Å². The molecular formula is C10H13BrFNO. The first kappa shape index (κ1) is 11.6. The van der Waals surface area contributed by atoms with Gasteiger partial charge in [-0.05, 0) is 31.0 Å². The topological polar surface area (TPSA) is 46.2 Å². The molecule has 0 aliphatic carbocycles. The second kappa shape index (κ2) is 5.44. The fourth-order valence-electron chi connectivity index (χ4n) is 1.27. The summed E-state index contributed by atoms with van der Waals surface area (Å²) in [5.41, 5.74) is 6.27. The van der Waals surface area contributed by atoms with Crippen molar-refractivity contribution in [3.8, 4) is 0 Å². The Morgan fingerprint density at radius 1 is 1.50 bits per heavy atom. The molecule has 0 aliphatic rings. The summed E-state index contributed by atoms with van der Waals surface area (Å²) < 4.78 is 14.1. The van der Waals surface area contributed by atoms with E-state index in [4.69, 9.17) is 10.8 Å². The summed E-state index contributed by atoms with van der Waals surface area (Å²) in [4.78, 5) is 0. The lowest BCUT2D eigenvalue weighted by atomic mass is 10.0. The van der Waals surface area contributed by atoms with Gasteiger partial charge in [0, 0.05) is 22.7 Å². The third kappa shape index (κ3) is 3.04. The Morgan fingerprint density at radius 2 is 2.21 bits per heavy atom. The van der Waals surface area contributed by atoms with Crippen molar-refractivity contribution < 1.29 is 9.50 Å². The molecule has 0 heterocycles. The van der Waals surface area contributed by atoms with E-state index in [2.05, 4.69) is 15.9 Å². The van der Waals surface area contributed by atoms with Gasteiger partial charge in [-0.15, -0.1) is 0 Å². The molecule has 4 heteroatoms. The van der Waals surface area contributed by atoms with Crippen LogP contribution in [0.3, 0.4) is 0 Å². The third-order valence-corrected chi connectivity index (χ3v) is 2.52. The van der Waals surface area contributed by atoms with Gasteiger partial charge in [0.25, 0.3) is 0 Å². The van der Waals surface area contributed by atoms with E-state index in [1.165, 1.54) is 6.07 Å². The molecule has 14 heavy (non-hydrogen) atoms. The van der Waals surface area contributed by atoms with Gasteiger partial charge in [0.2, 0.25) is 0 Å². The highest BCUT2D eigenvalue weighted by Crippen LogP contribution is 2.22. The second-order valence-corrected chi connectivity index (χ2v) is 4.05. The van der Waals surface area contributed by atoms with Crippen molar-refractivity contribution in [2.75, 3.05) is 6.61 Å². The van der Waals surface area contributed by atoms with Gasteiger partial charge in [-0.2, -0.15) is 0 Å². The van der Waals surface area contributed by atoms with Crippen molar-refractivity contribution in [3.05, 3.63) is 34.1 Å². The predicted molar refractivity (Wildman–Crippen MR) is 57.3 cm³/mol. The zero-order valence-electron chi connectivity index (χ0n) is 7.71. The molecule has 1 atom stereocenters. The van der Waals surface area contributed by atoms with Crippen molar-refractivity contribution in [2.24, 2.45) is 5.73 Å². The van der Waals surface area contributed by atoms with Gasteiger partial charge < -0.3 is 10.8 Å². The normalized spacial score (nSPS) is 12.9. The van der Waals surface area contributed by atoms with Gasteiger partial charge in [0.1, 0.15) is 5.82 Å². The van der Waals surface area contributed by atoms with Crippen LogP contribution >= 0.6 is 15.9 Å². The molecule has 0 aromatic heterocycles. The maximum absolute atomic E-state index is 13.3. The molecular weight excluding hydrogens is 249 g/mol. The maximum atomic E-state index is 13.3. The standard InChI is InChI=1S/C10H13BrFNO/c11-7-3-4-9(12)8(6-7)10(13)2-1-5-14/h3-4,6,10,14H,1-2,5,13H2. The first-order valence-corrected chi connectivity index (χ1v) is 5.26. The van der Waals surface area contributed by atoms with Gasteiger partial charge in [-0.3, -0.25) is 0 Å². The lowest BCUT2D eigenvalue weighted by Crippen LogP contribution is -2.12. The summed E-state index contributed by atoms with van der Waals surface area (Å²) in [5.74, 6) is -0.293. The summed E-state index contributed by atoms with van der Waals surface area (Å²) in [5, 5.41) is 8.63. The summed E-state index contributed by atoms with van der Waals surface area (Å²) >= 11 is 3.26. The van der Waals surface area contributed by atoms with E-state index in [9.17, 15) is 4.39 Å². The molecule has 78 valence electrons. The Morgan fingerprint density at radius 3 is 2.86 bits per heavy atom. The molecule has 1 rings (SSSR count). The number of hydrogen-bond acceptors (Lipinski definition) is 2. The van der Waals surface area contributed by atoms with Crippen molar-refractivity contribution in [3.63, 3.8) is 0 Å². The average Bonchev–Trinajstić information content (AvgIpc) is 2.18. The molecule has 0 aliphatic heterocycles. The van der Waals surface area contributed by atoms with E-state index >= 15 is 0 Å². The third-order valence-electron chi connectivity index (χ3n) is 2.03. The zero-order valence-corrected chi connectivity index (χ0v) is 9.30. The maximum Gasteiger partial charge on any atom is 0.128 e. The highest BCUT2D eigenvalue weighted by Gasteiger charge is 2.11. The number of benzene rings is 1. The highest BCUT2D eigenvalue weighted by molar-refractivity contribution is 9.10. The Bertz CT molecular complexity index is 306. The first-order valence-electron chi connectivity index (χ1n) is 4.46. The number of aliphatic hydroxyl groups excluding tert-OH is 1. The monoisotopic (exact) mass is 261 g/mol. The Hall–Kier alpha value is -0.450. The second-order valence-electron chi connectivity index (χ2n) is 3.14. The van der Waals surface area contributed by atoms with Crippen LogP contribution in [0.4, 0.5) is 4.39 Å². The quantitative estimate of drug-likeness (QED) is 0.874. The molecule has 0 amide bonds. The van der Waals surface area contributed by atoms with Crippen LogP contribution in [0, 0.1) is 5.82 Å². The van der Waals surface area contributed by atoms with Gasteiger partial charge in [-0.1, -0.05) is 15.9 Å². The smallest absolute Gasteiger partial charge is 0.128 e. The number of aliphatic hydroxyl groups is 1. The summed E-state index contributed by atoms with van der Waals surface area (Å²) in [6, 6.07) is 4.35. The van der Waals surface area contributed by atoms with Gasteiger partial charge in [-0.25, -0.2) is 4.39 Å². The van der Waals surface area contributed by atoms with Crippen LogP contribution in [0.5, 0.6) is 0 Å². The number of halogens is 2. The summed E-state index contributed by atoms with van der Waals surface area (Å²) in [6.45, 7) is 0.0866. The predicted octanol–water partition coefficient (Wildman–Crippen LogP) is 2.36. The Kier molecular flexibility index (Phi) is 4.51. The minimum atomic E-state index is -0.348. The minimum absolute atomic E-state index is 0.0866. The minimum Gasteiger partial charge on any atom is -0.396 e. The van der Waals surface area contributed by atoms with Gasteiger partial charge in [0.15, 0.2) is 0 Å². The molecule has 0 bridgehead atoms. The molecule has 2 nitrogen and oxygen atoms in total. The molecule has 0 fully saturated rings. The van der Waals surface area contributed by atoms with E-state index in [1.807, 2.05) is 0 Å². The van der Waals surface area contributed by atoms with Crippen LogP contribution in [0.1, 0.15) is 24.4 Å². The van der Waals surface area contributed by atoms with E-state index < -0.39 is 0 Å². The van der Waals surface area contributed by atoms with Crippen molar-refractivity contribution >= 4 is 15.9 Å². The molecule has 1 aromatic carbocycles. The molecule has 1 aromatic rings. The van der Waals surface area contributed by atoms with Crippen LogP contribution < -0.4 is 5.73 Å². The molecule has 1 unspecified atom stereocenters. The van der Waals surface area contributed by atoms with Crippen molar-refractivity contribution in [1.29, 1.82) is 0 Å². The van der Waals surface area contributed by atoms with E-state index in [1.54, 1.807) is 12.1 Å². The first-order chi connectivity index (χ1) is 6.65. The van der Waals surface area contributed by atoms with E-state index in [0.29, 0.717) is 18.4 Å². The van der Waals surface area contributed by atoms with Crippen molar-refractivity contribution in [2.45, 2.75) is 18.9 Å². The largest absolute Gasteiger partial charge is 0.396 e. The fourth-order valence-corrected chi connectivity index (χ4v) is 1.64. The van der Waals surface area contributed by atoms with Crippen LogP contribution in [-0.4, -0.2) is 11.7 Å². The Labute approximate surface area is 91.1 Å². The number of hydrogen-bond donors (Lipinski definition) is 2. The lowest BCUT2D eigenvalue weighted by molar-refractivity contribution is 0.279. The van der Waals surface area contributed by atoms with Crippen LogP contribution in [0.25, 0.3) is 0 Å². The van der Waals surface area contributed by atoms with Crippen molar-refractivity contribution in [1.82, 2.24) is 0 Å². The van der Waals surface area contributed by atoms with E-state index in [-0.39, 0.29) is 18.5 Å². The average molecular weight is 262 g/mol. The molecule has 0 saturated heterocycles. The zero-order chi connectivity index (χ0) is 10.6. The molecule has 3 N–H and O–H groups in total. The van der Waals surface area contributed by atoms with Crippen LogP contribution in [0.2, 0.25) is 0 Å². The molecule has 0 spiro atoms. The molecule has 0 radical (unpaired) electrons. The van der Waals surface area contributed by atoms with Crippen LogP contribution in [0.15, 0.2) is 22.7 Å². The summed E-state index contributed by atoms with van der Waals surface area (Å²) in [6.07, 6.45) is 1.18. The summed E-state index contributed by atoms with van der Waals surface area (Å²) in [7, 11) is 0. The SMILES string of the molecule is NC(CCCO)c1cc(Br)ccc1F. The molecule has 0 saturated carbocycles. The highest BCUT2D eigenvalue weighted by atomic mass is 79.9. The Balaban J connectivity index is 2.77. The lowest BCUT2D eigenvalue weighted by Gasteiger charge is -2.12. The van der Waals surface area contributed by atoms with Gasteiger partial charge in [0.05, 0.1) is 0 Å². The number of nitrogens with two attached hydrogens (primary N) is 1. The van der Waals surface area contributed by atoms with Crippen LogP contribution in [-0.2, 0) is 0 Å². The number of rotatable bonds is 4. The fraction of sp³-hybridized carbons (Fsp3) is 0.400.